The third-order valence-corrected chi connectivity index (χ3v) is 4.12. The van der Waals surface area contributed by atoms with Gasteiger partial charge >= 0.3 is 0 Å². The molecule has 3 heteroatoms. The zero-order chi connectivity index (χ0) is 12.4. The summed E-state index contributed by atoms with van der Waals surface area (Å²) in [4.78, 5) is 6.41. The highest BCUT2D eigenvalue weighted by molar-refractivity contribution is 7.99. The molecular formula is C15H12N2S. The summed E-state index contributed by atoms with van der Waals surface area (Å²) in [7, 11) is 0. The zero-order valence-electron chi connectivity index (χ0n) is 9.89. The molecule has 1 aromatic carbocycles. The lowest BCUT2D eigenvalue weighted by Crippen LogP contribution is -1.84. The van der Waals surface area contributed by atoms with Crippen LogP contribution in [0, 0.1) is 11.3 Å². The van der Waals surface area contributed by atoms with Gasteiger partial charge in [-0.05, 0) is 54.7 Å². The van der Waals surface area contributed by atoms with Crippen molar-refractivity contribution in [2.75, 3.05) is 0 Å². The van der Waals surface area contributed by atoms with E-state index in [2.05, 4.69) is 23.2 Å². The van der Waals surface area contributed by atoms with Crippen molar-refractivity contribution in [1.29, 1.82) is 5.26 Å². The lowest BCUT2D eigenvalue weighted by atomic mass is 10.1. The number of aryl methyl sites for hydroxylation is 2. The van der Waals surface area contributed by atoms with Crippen molar-refractivity contribution in [2.45, 2.75) is 29.1 Å². The molecule has 0 atom stereocenters. The van der Waals surface area contributed by atoms with E-state index in [9.17, 15) is 0 Å². The fourth-order valence-corrected chi connectivity index (χ4v) is 3.11. The van der Waals surface area contributed by atoms with E-state index in [-0.39, 0.29) is 0 Å². The van der Waals surface area contributed by atoms with Crippen LogP contribution in [0.25, 0.3) is 0 Å². The highest BCUT2D eigenvalue weighted by atomic mass is 32.2. The third-order valence-electron chi connectivity index (χ3n) is 3.16. The highest BCUT2D eigenvalue weighted by Gasteiger charge is 2.11. The maximum Gasteiger partial charge on any atom is 0.140 e. The molecule has 0 bridgehead atoms. The molecular weight excluding hydrogens is 240 g/mol. The number of benzene rings is 1. The van der Waals surface area contributed by atoms with E-state index in [0.717, 1.165) is 4.90 Å². The normalized spacial score (nSPS) is 13.1. The molecule has 2 nitrogen and oxygen atoms in total. The Morgan fingerprint density at radius 1 is 1.06 bits per heavy atom. The average molecular weight is 252 g/mol. The van der Waals surface area contributed by atoms with Crippen LogP contribution in [0.3, 0.4) is 0 Å². The second-order valence-electron chi connectivity index (χ2n) is 4.38. The standard InChI is InChI=1S/C15H12N2S/c16-9-13-5-7-15(10-17-13)18-14-6-4-11-2-1-3-12(11)8-14/h4-8,10H,1-3H2. The fraction of sp³-hybridized carbons (Fsp3) is 0.200. The van der Waals surface area contributed by atoms with Crippen LogP contribution in [0.4, 0.5) is 0 Å². The van der Waals surface area contributed by atoms with E-state index in [1.807, 2.05) is 12.1 Å². The van der Waals surface area contributed by atoms with Crippen molar-refractivity contribution in [3.05, 3.63) is 53.3 Å². The van der Waals surface area contributed by atoms with Crippen molar-refractivity contribution in [3.63, 3.8) is 0 Å². The summed E-state index contributed by atoms with van der Waals surface area (Å²) in [5.74, 6) is 0. The Hall–Kier alpha value is -1.79. The summed E-state index contributed by atoms with van der Waals surface area (Å²) in [5, 5.41) is 8.70. The van der Waals surface area contributed by atoms with Crippen molar-refractivity contribution < 1.29 is 0 Å². The van der Waals surface area contributed by atoms with Crippen LogP contribution in [-0.4, -0.2) is 4.98 Å². The maximum absolute atomic E-state index is 8.70. The molecule has 0 unspecified atom stereocenters. The first kappa shape index (κ1) is 11.3. The molecule has 1 heterocycles. The second kappa shape index (κ2) is 4.83. The van der Waals surface area contributed by atoms with Gasteiger partial charge in [-0.3, -0.25) is 0 Å². The van der Waals surface area contributed by atoms with Gasteiger partial charge in [-0.1, -0.05) is 17.8 Å². The van der Waals surface area contributed by atoms with Crippen molar-refractivity contribution in [3.8, 4) is 6.07 Å². The lowest BCUT2D eigenvalue weighted by molar-refractivity contribution is 0.911. The Kier molecular flexibility index (Phi) is 3.04. The van der Waals surface area contributed by atoms with E-state index >= 15 is 0 Å². The number of nitriles is 1. The minimum atomic E-state index is 0.466. The van der Waals surface area contributed by atoms with Crippen LogP contribution >= 0.6 is 11.8 Å². The van der Waals surface area contributed by atoms with Crippen molar-refractivity contribution in [1.82, 2.24) is 4.98 Å². The number of pyridine rings is 1. The summed E-state index contributed by atoms with van der Waals surface area (Å²) in [5.41, 5.74) is 3.45. The highest BCUT2D eigenvalue weighted by Crippen LogP contribution is 2.31. The monoisotopic (exact) mass is 252 g/mol. The SMILES string of the molecule is N#Cc1ccc(Sc2ccc3c(c2)CCC3)cn1. The van der Waals surface area contributed by atoms with Crippen LogP contribution in [0.15, 0.2) is 46.3 Å². The van der Waals surface area contributed by atoms with Crippen LogP contribution in [0.1, 0.15) is 23.2 Å². The third kappa shape index (κ3) is 2.25. The number of aromatic nitrogens is 1. The van der Waals surface area contributed by atoms with Gasteiger partial charge in [0.2, 0.25) is 0 Å². The van der Waals surface area contributed by atoms with Crippen LogP contribution in [0.2, 0.25) is 0 Å². The predicted molar refractivity (Wildman–Crippen MR) is 71.5 cm³/mol. The number of hydrogen-bond donors (Lipinski definition) is 0. The smallest absolute Gasteiger partial charge is 0.140 e. The molecule has 0 saturated carbocycles. The van der Waals surface area contributed by atoms with Gasteiger partial charge < -0.3 is 0 Å². The predicted octanol–water partition coefficient (Wildman–Crippen LogP) is 3.59. The fourth-order valence-electron chi connectivity index (χ4n) is 2.25. The van der Waals surface area contributed by atoms with Gasteiger partial charge in [-0.2, -0.15) is 5.26 Å². The number of fused-ring (bicyclic) bond motifs is 1. The minimum Gasteiger partial charge on any atom is -0.244 e. The number of nitrogens with zero attached hydrogens (tertiary/aromatic N) is 2. The Morgan fingerprint density at radius 3 is 2.67 bits per heavy atom. The molecule has 1 aliphatic rings. The molecule has 0 amide bonds. The number of rotatable bonds is 2. The first-order valence-corrected chi connectivity index (χ1v) is 6.82. The molecule has 1 aliphatic carbocycles. The van der Waals surface area contributed by atoms with Crippen LogP contribution in [0.5, 0.6) is 0 Å². The van der Waals surface area contributed by atoms with Gasteiger partial charge in [0.1, 0.15) is 11.8 Å². The quantitative estimate of drug-likeness (QED) is 0.819. The summed E-state index contributed by atoms with van der Waals surface area (Å²) in [6, 6.07) is 12.4. The Labute approximate surface area is 111 Å². The second-order valence-corrected chi connectivity index (χ2v) is 5.52. The maximum atomic E-state index is 8.70. The van der Waals surface area contributed by atoms with E-state index in [1.54, 1.807) is 24.0 Å². The van der Waals surface area contributed by atoms with Gasteiger partial charge in [0.05, 0.1) is 0 Å². The molecule has 3 rings (SSSR count). The van der Waals surface area contributed by atoms with E-state index < -0.39 is 0 Å². The lowest BCUT2D eigenvalue weighted by Gasteiger charge is -2.04. The van der Waals surface area contributed by atoms with E-state index in [4.69, 9.17) is 5.26 Å². The summed E-state index contributed by atoms with van der Waals surface area (Å²) >= 11 is 1.70. The molecule has 0 spiro atoms. The van der Waals surface area contributed by atoms with Gasteiger partial charge in [-0.25, -0.2) is 4.98 Å². The first-order valence-electron chi connectivity index (χ1n) is 6.01. The first-order chi connectivity index (χ1) is 8.85. The van der Waals surface area contributed by atoms with Crippen LogP contribution in [-0.2, 0) is 12.8 Å². The Morgan fingerprint density at radius 2 is 1.89 bits per heavy atom. The molecule has 18 heavy (non-hydrogen) atoms. The topological polar surface area (TPSA) is 36.7 Å². The molecule has 0 N–H and O–H groups in total. The summed E-state index contributed by atoms with van der Waals surface area (Å²) in [6.45, 7) is 0. The van der Waals surface area contributed by atoms with Crippen molar-refractivity contribution in [2.24, 2.45) is 0 Å². The zero-order valence-corrected chi connectivity index (χ0v) is 10.7. The Balaban J connectivity index is 1.81. The molecule has 0 radical (unpaired) electrons. The van der Waals surface area contributed by atoms with E-state index in [1.165, 1.54) is 35.3 Å². The number of hydrogen-bond acceptors (Lipinski definition) is 3. The van der Waals surface area contributed by atoms with Gasteiger partial charge in [0, 0.05) is 16.0 Å². The molecule has 0 saturated heterocycles. The molecule has 1 aromatic heterocycles. The van der Waals surface area contributed by atoms with Gasteiger partial charge in [0.25, 0.3) is 0 Å². The average Bonchev–Trinajstić information content (AvgIpc) is 2.87. The molecule has 0 fully saturated rings. The molecule has 0 aliphatic heterocycles. The summed E-state index contributed by atoms with van der Waals surface area (Å²) < 4.78 is 0. The summed E-state index contributed by atoms with van der Waals surface area (Å²) in [6.07, 6.45) is 5.46. The van der Waals surface area contributed by atoms with Gasteiger partial charge in [-0.15, -0.1) is 0 Å². The molecule has 2 aromatic rings. The molecule has 88 valence electrons. The largest absolute Gasteiger partial charge is 0.244 e. The van der Waals surface area contributed by atoms with E-state index in [0.29, 0.717) is 5.69 Å². The van der Waals surface area contributed by atoms with Gasteiger partial charge in [0.15, 0.2) is 0 Å². The minimum absolute atomic E-state index is 0.466. The van der Waals surface area contributed by atoms with Crippen molar-refractivity contribution >= 4 is 11.8 Å². The van der Waals surface area contributed by atoms with Crippen LogP contribution < -0.4 is 0 Å². The Bertz CT molecular complexity index is 611.